The molecule has 0 aliphatic rings. The molecule has 0 bridgehead atoms. The lowest BCUT2D eigenvalue weighted by atomic mass is 10.1. The third kappa shape index (κ3) is 4.60. The minimum atomic E-state index is -0.291. The highest BCUT2D eigenvalue weighted by Gasteiger charge is 2.00. The molecular formula is C20H18O2. The van der Waals surface area contributed by atoms with E-state index < -0.39 is 0 Å². The summed E-state index contributed by atoms with van der Waals surface area (Å²) in [5, 5.41) is 0. The van der Waals surface area contributed by atoms with Crippen LogP contribution in [0.3, 0.4) is 0 Å². The van der Waals surface area contributed by atoms with E-state index in [-0.39, 0.29) is 5.97 Å². The van der Waals surface area contributed by atoms with Crippen molar-refractivity contribution in [1.82, 2.24) is 0 Å². The number of ether oxygens (including phenoxy) is 1. The van der Waals surface area contributed by atoms with Gasteiger partial charge in [0, 0.05) is 0 Å². The van der Waals surface area contributed by atoms with E-state index in [2.05, 4.69) is 53.3 Å². The summed E-state index contributed by atoms with van der Waals surface area (Å²) in [6.07, 6.45) is 0. The predicted octanol–water partition coefficient (Wildman–Crippen LogP) is 4.83. The maximum atomic E-state index is 10.8. The lowest BCUT2D eigenvalue weighted by Crippen LogP contribution is -1.99. The Labute approximate surface area is 131 Å². The van der Waals surface area contributed by atoms with E-state index in [1.165, 1.54) is 18.2 Å². The summed E-state index contributed by atoms with van der Waals surface area (Å²) in [4.78, 5) is 10.8. The molecule has 0 fully saturated rings. The van der Waals surface area contributed by atoms with Crippen LogP contribution in [0.1, 0.15) is 10.4 Å². The smallest absolute Gasteiger partial charge is 0.337 e. The molecule has 0 heterocycles. The molecule has 0 saturated carbocycles. The Morgan fingerprint density at radius 1 is 0.636 bits per heavy atom. The molecule has 0 N–H and O–H groups in total. The fourth-order valence-corrected chi connectivity index (χ4v) is 1.95. The van der Waals surface area contributed by atoms with Gasteiger partial charge in [0.25, 0.3) is 0 Å². The molecule has 3 aromatic carbocycles. The number of hydrogen-bond donors (Lipinski definition) is 0. The molecule has 22 heavy (non-hydrogen) atoms. The zero-order valence-corrected chi connectivity index (χ0v) is 12.5. The van der Waals surface area contributed by atoms with Crippen molar-refractivity contribution in [1.29, 1.82) is 0 Å². The number of carbonyl (C=O) groups excluding carboxylic acids is 1. The Balaban J connectivity index is 0.000000164. The highest BCUT2D eigenvalue weighted by Crippen LogP contribution is 2.17. The van der Waals surface area contributed by atoms with Crippen molar-refractivity contribution in [2.24, 2.45) is 0 Å². The molecule has 110 valence electrons. The van der Waals surface area contributed by atoms with Gasteiger partial charge in [-0.05, 0) is 23.3 Å². The average Bonchev–Trinajstić information content (AvgIpc) is 2.64. The third-order valence-corrected chi connectivity index (χ3v) is 3.08. The standard InChI is InChI=1S/C12H10.C8H8O2/c1-3-7-11(8-4-1)12-9-5-2-6-10-12;1-10-8(9)7-5-3-2-4-6-7/h1-10H;2-6H,1H3. The third-order valence-electron chi connectivity index (χ3n) is 3.08. The normalized spacial score (nSPS) is 9.32. The van der Waals surface area contributed by atoms with E-state index in [0.29, 0.717) is 5.56 Å². The molecule has 0 spiro atoms. The molecule has 3 rings (SSSR count). The first kappa shape index (κ1) is 15.5. The van der Waals surface area contributed by atoms with Gasteiger partial charge in [0.05, 0.1) is 12.7 Å². The average molecular weight is 290 g/mol. The van der Waals surface area contributed by atoms with Gasteiger partial charge in [0.15, 0.2) is 0 Å². The van der Waals surface area contributed by atoms with Gasteiger partial charge in [-0.15, -0.1) is 0 Å². The Bertz CT molecular complexity index is 639. The summed E-state index contributed by atoms with van der Waals surface area (Å²) in [5.74, 6) is -0.291. The highest BCUT2D eigenvalue weighted by molar-refractivity contribution is 5.89. The van der Waals surface area contributed by atoms with Crippen LogP contribution in [-0.2, 0) is 4.74 Å². The molecule has 0 aromatic heterocycles. The van der Waals surface area contributed by atoms with Gasteiger partial charge in [-0.1, -0.05) is 78.9 Å². The van der Waals surface area contributed by atoms with Gasteiger partial charge in [-0.25, -0.2) is 4.79 Å². The Morgan fingerprint density at radius 3 is 1.36 bits per heavy atom. The number of hydrogen-bond acceptors (Lipinski definition) is 2. The SMILES string of the molecule is COC(=O)c1ccccc1.c1ccc(-c2ccccc2)cc1. The van der Waals surface area contributed by atoms with Gasteiger partial charge in [0.1, 0.15) is 0 Å². The number of esters is 1. The highest BCUT2D eigenvalue weighted by atomic mass is 16.5. The second-order valence-corrected chi connectivity index (χ2v) is 4.59. The van der Waals surface area contributed by atoms with Crippen molar-refractivity contribution < 1.29 is 9.53 Å². The van der Waals surface area contributed by atoms with Crippen molar-refractivity contribution in [2.45, 2.75) is 0 Å². The molecule has 2 nitrogen and oxygen atoms in total. The number of rotatable bonds is 2. The fourth-order valence-electron chi connectivity index (χ4n) is 1.95. The molecule has 3 aromatic rings. The summed E-state index contributed by atoms with van der Waals surface area (Å²) >= 11 is 0. The summed E-state index contributed by atoms with van der Waals surface area (Å²) < 4.78 is 4.50. The zero-order valence-electron chi connectivity index (χ0n) is 12.5. The van der Waals surface area contributed by atoms with E-state index in [1.54, 1.807) is 24.3 Å². The van der Waals surface area contributed by atoms with Crippen LogP contribution >= 0.6 is 0 Å². The fraction of sp³-hybridized carbons (Fsp3) is 0.0500. The van der Waals surface area contributed by atoms with Crippen molar-refractivity contribution in [3.05, 3.63) is 96.6 Å². The van der Waals surface area contributed by atoms with E-state index in [4.69, 9.17) is 0 Å². The second kappa shape index (κ2) is 8.42. The number of methoxy groups -OCH3 is 1. The molecule has 0 unspecified atom stereocenters. The van der Waals surface area contributed by atoms with E-state index in [9.17, 15) is 4.79 Å². The van der Waals surface area contributed by atoms with Gasteiger partial charge in [0.2, 0.25) is 0 Å². The van der Waals surface area contributed by atoms with Crippen LogP contribution in [0.25, 0.3) is 11.1 Å². The van der Waals surface area contributed by atoms with Crippen LogP contribution < -0.4 is 0 Å². The van der Waals surface area contributed by atoms with E-state index >= 15 is 0 Å². The van der Waals surface area contributed by atoms with Gasteiger partial charge < -0.3 is 4.74 Å². The molecule has 0 aliphatic carbocycles. The lowest BCUT2D eigenvalue weighted by molar-refractivity contribution is 0.0600. The van der Waals surface area contributed by atoms with Crippen LogP contribution in [0.2, 0.25) is 0 Å². The molecular weight excluding hydrogens is 272 g/mol. The molecule has 2 heteroatoms. The summed E-state index contributed by atoms with van der Waals surface area (Å²) in [5.41, 5.74) is 3.14. The molecule has 0 aliphatic heterocycles. The second-order valence-electron chi connectivity index (χ2n) is 4.59. The monoisotopic (exact) mass is 290 g/mol. The Hall–Kier alpha value is -2.87. The molecule has 0 atom stereocenters. The van der Waals surface area contributed by atoms with Crippen LogP contribution in [-0.4, -0.2) is 13.1 Å². The van der Waals surface area contributed by atoms with Crippen molar-refractivity contribution in [3.8, 4) is 11.1 Å². The van der Waals surface area contributed by atoms with Crippen molar-refractivity contribution >= 4 is 5.97 Å². The number of carbonyl (C=O) groups is 1. The molecule has 0 amide bonds. The first-order valence-corrected chi connectivity index (χ1v) is 7.05. The van der Waals surface area contributed by atoms with Crippen LogP contribution in [0.15, 0.2) is 91.0 Å². The lowest BCUT2D eigenvalue weighted by Gasteiger charge is -1.98. The van der Waals surface area contributed by atoms with Crippen LogP contribution in [0.5, 0.6) is 0 Å². The minimum Gasteiger partial charge on any atom is -0.465 e. The first-order valence-electron chi connectivity index (χ1n) is 7.05. The Morgan fingerprint density at radius 2 is 1.00 bits per heavy atom. The Kier molecular flexibility index (Phi) is 5.94. The van der Waals surface area contributed by atoms with Crippen LogP contribution in [0, 0.1) is 0 Å². The predicted molar refractivity (Wildman–Crippen MR) is 89.7 cm³/mol. The molecule has 0 saturated heterocycles. The first-order chi connectivity index (χ1) is 10.8. The molecule has 0 radical (unpaired) electrons. The van der Waals surface area contributed by atoms with Crippen LogP contribution in [0.4, 0.5) is 0 Å². The maximum Gasteiger partial charge on any atom is 0.337 e. The van der Waals surface area contributed by atoms with E-state index in [1.807, 2.05) is 18.2 Å². The van der Waals surface area contributed by atoms with E-state index in [0.717, 1.165) is 0 Å². The summed E-state index contributed by atoms with van der Waals surface area (Å²) in [6, 6.07) is 29.7. The summed E-state index contributed by atoms with van der Waals surface area (Å²) in [7, 11) is 1.37. The minimum absolute atomic E-state index is 0.291. The number of benzene rings is 3. The van der Waals surface area contributed by atoms with Gasteiger partial charge in [-0.2, -0.15) is 0 Å². The quantitative estimate of drug-likeness (QED) is 0.632. The van der Waals surface area contributed by atoms with Crippen molar-refractivity contribution in [2.75, 3.05) is 7.11 Å². The maximum absolute atomic E-state index is 10.8. The zero-order chi connectivity index (χ0) is 15.6. The van der Waals surface area contributed by atoms with Crippen molar-refractivity contribution in [3.63, 3.8) is 0 Å². The summed E-state index contributed by atoms with van der Waals surface area (Å²) in [6.45, 7) is 0. The van der Waals surface area contributed by atoms with Gasteiger partial charge in [-0.3, -0.25) is 0 Å². The van der Waals surface area contributed by atoms with Gasteiger partial charge >= 0.3 is 5.97 Å². The topological polar surface area (TPSA) is 26.3 Å². The largest absolute Gasteiger partial charge is 0.465 e.